The number of halogens is 2. The summed E-state index contributed by atoms with van der Waals surface area (Å²) in [6.07, 6.45) is 1.84. The van der Waals surface area contributed by atoms with Crippen LogP contribution in [0, 0.1) is 17.8 Å². The van der Waals surface area contributed by atoms with E-state index in [0.717, 1.165) is 4.90 Å². The molecule has 47 heavy (non-hydrogen) atoms. The molecule has 0 radical (unpaired) electrons. The van der Waals surface area contributed by atoms with Gasteiger partial charge >= 0.3 is 0 Å². The van der Waals surface area contributed by atoms with Gasteiger partial charge in [-0.05, 0) is 67.3 Å². The Labute approximate surface area is 278 Å². The average Bonchev–Trinajstić information content (AvgIpc) is 3.66. The van der Waals surface area contributed by atoms with Crippen LogP contribution in [0.25, 0.3) is 22.6 Å². The maximum absolute atomic E-state index is 14.3. The highest BCUT2D eigenvalue weighted by Crippen LogP contribution is 2.67. The Balaban J connectivity index is 1.20. The first-order valence-electron chi connectivity index (χ1n) is 15.1. The number of allylic oxidation sites excluding steroid dienone is 2. The summed E-state index contributed by atoms with van der Waals surface area (Å²) in [4.78, 5) is 58.4. The SMILES string of the molecule is COc1cccc(O)c1[C@H]1C2=CC[C@@H]3C(=O)N(c4ccc(-c5nc6ccccc6o5)cc4)C(=O)[C@@H]3[C@@H]2C[C@@]2(Cl)C(=O)N(C)C(=O)[C@@]12Cl. The highest BCUT2D eigenvalue weighted by atomic mass is 35.5. The van der Waals surface area contributed by atoms with Crippen molar-refractivity contribution in [2.45, 2.75) is 28.5 Å². The Bertz CT molecular complexity index is 2040. The van der Waals surface area contributed by atoms with Gasteiger partial charge in [0.1, 0.15) is 17.0 Å². The third-order valence-electron chi connectivity index (χ3n) is 10.2. The van der Waals surface area contributed by atoms with E-state index in [1.165, 1.54) is 25.1 Å². The number of benzene rings is 3. The van der Waals surface area contributed by atoms with E-state index in [-0.39, 0.29) is 35.8 Å². The monoisotopic (exact) mass is 671 g/mol. The smallest absolute Gasteiger partial charge is 0.253 e. The summed E-state index contributed by atoms with van der Waals surface area (Å²) in [7, 11) is 2.73. The van der Waals surface area contributed by atoms with Gasteiger partial charge in [-0.2, -0.15) is 0 Å². The number of alkyl halides is 2. The Morgan fingerprint density at radius 3 is 2.40 bits per heavy atom. The number of para-hydroxylation sites is 2. The number of phenols is 1. The Hall–Kier alpha value is -4.67. The van der Waals surface area contributed by atoms with Gasteiger partial charge in [-0.3, -0.25) is 29.0 Å². The number of anilines is 1. The van der Waals surface area contributed by atoms with E-state index < -0.39 is 51.1 Å². The van der Waals surface area contributed by atoms with E-state index in [4.69, 9.17) is 32.4 Å². The number of rotatable bonds is 4. The molecule has 3 aromatic carbocycles. The van der Waals surface area contributed by atoms with Crippen LogP contribution in [0.1, 0.15) is 24.3 Å². The lowest BCUT2D eigenvalue weighted by Gasteiger charge is -2.50. The van der Waals surface area contributed by atoms with Crippen LogP contribution in [-0.2, 0) is 19.2 Å². The van der Waals surface area contributed by atoms with Crippen molar-refractivity contribution in [1.29, 1.82) is 0 Å². The van der Waals surface area contributed by atoms with Gasteiger partial charge in [-0.1, -0.05) is 29.8 Å². The molecule has 1 aromatic heterocycles. The molecule has 2 aliphatic heterocycles. The van der Waals surface area contributed by atoms with Crippen molar-refractivity contribution in [2.24, 2.45) is 17.8 Å². The van der Waals surface area contributed by atoms with Crippen molar-refractivity contribution in [3.05, 3.63) is 83.9 Å². The Kier molecular flexibility index (Phi) is 6.43. The molecule has 0 spiro atoms. The van der Waals surface area contributed by atoms with Crippen LogP contribution in [0.2, 0.25) is 0 Å². The molecule has 10 nitrogen and oxygen atoms in total. The maximum Gasteiger partial charge on any atom is 0.253 e. The number of carbonyl (C=O) groups is 4. The predicted molar refractivity (Wildman–Crippen MR) is 172 cm³/mol. The van der Waals surface area contributed by atoms with E-state index >= 15 is 0 Å². The number of aromatic nitrogens is 1. The third-order valence-corrected chi connectivity index (χ3v) is 11.6. The largest absolute Gasteiger partial charge is 0.508 e. The van der Waals surface area contributed by atoms with Gasteiger partial charge in [-0.15, -0.1) is 23.2 Å². The fourth-order valence-corrected chi connectivity index (χ4v) is 9.07. The van der Waals surface area contributed by atoms with Crippen molar-refractivity contribution in [1.82, 2.24) is 9.88 Å². The van der Waals surface area contributed by atoms with E-state index in [9.17, 15) is 24.3 Å². The number of nitrogens with zero attached hydrogens (tertiary/aromatic N) is 3. The van der Waals surface area contributed by atoms with Crippen LogP contribution in [0.5, 0.6) is 11.5 Å². The number of fused-ring (bicyclic) bond motifs is 5. The molecular weight excluding hydrogens is 645 g/mol. The van der Waals surface area contributed by atoms with Crippen molar-refractivity contribution >= 4 is 63.6 Å². The second kappa shape index (κ2) is 10.2. The first-order chi connectivity index (χ1) is 22.5. The fourth-order valence-electron chi connectivity index (χ4n) is 8.07. The molecule has 2 aliphatic carbocycles. The molecule has 4 aromatic rings. The number of oxazole rings is 1. The number of methoxy groups -OCH3 is 1. The van der Waals surface area contributed by atoms with Crippen LogP contribution in [0.4, 0.5) is 5.69 Å². The van der Waals surface area contributed by atoms with Gasteiger partial charge in [0, 0.05) is 24.1 Å². The minimum absolute atomic E-state index is 0.157. The quantitative estimate of drug-likeness (QED) is 0.173. The normalized spacial score (nSPS) is 30.0. The highest BCUT2D eigenvalue weighted by molar-refractivity contribution is 6.53. The zero-order valence-electron chi connectivity index (χ0n) is 25.1. The average molecular weight is 673 g/mol. The van der Waals surface area contributed by atoms with Crippen LogP contribution in [0.3, 0.4) is 0 Å². The molecule has 0 unspecified atom stereocenters. The fraction of sp³-hybridized carbons (Fsp3) is 0.286. The minimum atomic E-state index is -2.03. The molecule has 8 rings (SSSR count). The standard InChI is InChI=1S/C35H27Cl2N3O7/c1-39-32(44)34(36)16-21-19(28(35(34,37)33(39)45)27-23(41)7-5-9-25(27)46-2)14-15-20-26(21)31(43)40(30(20)42)18-12-10-17(11-13-18)29-38-22-6-3-4-8-24(22)47-29/h3-14,20-21,26,28,41H,15-16H2,1-2H3/t20-,21+,26-,28+,34+,35-/m0/s1. The second-order valence-electron chi connectivity index (χ2n) is 12.4. The molecule has 1 N–H and O–H groups in total. The number of amides is 4. The summed E-state index contributed by atoms with van der Waals surface area (Å²) in [5.41, 5.74) is 3.15. The number of phenolic OH excluding ortho intramolecular Hbond substituents is 1. The number of imide groups is 2. The lowest BCUT2D eigenvalue weighted by Crippen LogP contribution is -2.60. The summed E-state index contributed by atoms with van der Waals surface area (Å²) in [6, 6.07) is 18.8. The van der Waals surface area contributed by atoms with Crippen molar-refractivity contribution in [3.63, 3.8) is 0 Å². The summed E-state index contributed by atoms with van der Waals surface area (Å²) in [6.45, 7) is 0. The Morgan fingerprint density at radius 1 is 0.936 bits per heavy atom. The topological polar surface area (TPSA) is 130 Å². The molecule has 3 fully saturated rings. The van der Waals surface area contributed by atoms with Gasteiger partial charge in [0.2, 0.25) is 17.7 Å². The molecule has 6 atom stereocenters. The van der Waals surface area contributed by atoms with Crippen molar-refractivity contribution < 1.29 is 33.4 Å². The molecule has 0 bridgehead atoms. The van der Waals surface area contributed by atoms with Gasteiger partial charge in [-0.25, -0.2) is 4.98 Å². The minimum Gasteiger partial charge on any atom is -0.508 e. The summed E-state index contributed by atoms with van der Waals surface area (Å²) >= 11 is 14.5. The molecule has 238 valence electrons. The van der Waals surface area contributed by atoms with Crippen LogP contribution in [0.15, 0.2) is 82.8 Å². The first kappa shape index (κ1) is 29.7. The van der Waals surface area contributed by atoms with Crippen molar-refractivity contribution in [2.75, 3.05) is 19.1 Å². The number of hydrogen-bond acceptors (Lipinski definition) is 8. The maximum atomic E-state index is 14.3. The van der Waals surface area contributed by atoms with E-state index in [1.54, 1.807) is 36.4 Å². The third kappa shape index (κ3) is 3.82. The van der Waals surface area contributed by atoms with E-state index in [1.807, 2.05) is 30.3 Å². The summed E-state index contributed by atoms with van der Waals surface area (Å²) in [5.74, 6) is -5.29. The van der Waals surface area contributed by atoms with Crippen LogP contribution in [-0.4, -0.2) is 62.5 Å². The molecule has 4 aliphatic rings. The van der Waals surface area contributed by atoms with Crippen molar-refractivity contribution in [3.8, 4) is 23.0 Å². The molecule has 2 saturated heterocycles. The summed E-state index contributed by atoms with van der Waals surface area (Å²) in [5, 5.41) is 11.2. The van der Waals surface area contributed by atoms with Crippen LogP contribution >= 0.6 is 23.2 Å². The molecule has 1 saturated carbocycles. The lowest BCUT2D eigenvalue weighted by molar-refractivity contribution is -0.138. The van der Waals surface area contributed by atoms with Gasteiger partial charge < -0.3 is 14.3 Å². The predicted octanol–water partition coefficient (Wildman–Crippen LogP) is 5.40. The lowest BCUT2D eigenvalue weighted by atomic mass is 9.56. The molecule has 3 heterocycles. The highest BCUT2D eigenvalue weighted by Gasteiger charge is 2.76. The number of hydrogen-bond donors (Lipinski definition) is 1. The summed E-state index contributed by atoms with van der Waals surface area (Å²) < 4.78 is 11.5. The number of likely N-dealkylation sites (tertiary alicyclic amines) is 1. The van der Waals surface area contributed by atoms with Crippen LogP contribution < -0.4 is 9.64 Å². The Morgan fingerprint density at radius 2 is 1.68 bits per heavy atom. The molecule has 12 heteroatoms. The van der Waals surface area contributed by atoms with E-state index in [2.05, 4.69) is 4.98 Å². The number of ether oxygens (including phenoxy) is 1. The molecular formula is C35H27Cl2N3O7. The number of aromatic hydroxyl groups is 1. The second-order valence-corrected chi connectivity index (χ2v) is 13.7. The zero-order valence-corrected chi connectivity index (χ0v) is 26.7. The number of carbonyl (C=O) groups excluding carboxylic acids is 4. The zero-order chi connectivity index (χ0) is 33.0. The van der Waals surface area contributed by atoms with E-state index in [0.29, 0.717) is 33.8 Å². The first-order valence-corrected chi connectivity index (χ1v) is 15.9. The van der Waals surface area contributed by atoms with Gasteiger partial charge in [0.05, 0.1) is 24.6 Å². The molecule has 4 amide bonds. The van der Waals surface area contributed by atoms with Gasteiger partial charge in [0.15, 0.2) is 15.3 Å². The van der Waals surface area contributed by atoms with Gasteiger partial charge in [0.25, 0.3) is 11.8 Å².